The first-order valence-electron chi connectivity index (χ1n) is 6.44. The smallest absolute Gasteiger partial charge is 0.261 e. The summed E-state index contributed by atoms with van der Waals surface area (Å²) in [7, 11) is 1.57. The number of amides is 1. The van der Waals surface area contributed by atoms with Crippen LogP contribution in [0.5, 0.6) is 0 Å². The number of alkyl halides is 2. The normalized spacial score (nSPS) is 18.5. The van der Waals surface area contributed by atoms with Crippen LogP contribution >= 0.6 is 0 Å². The van der Waals surface area contributed by atoms with Crippen molar-refractivity contribution in [3.63, 3.8) is 0 Å². The molecule has 112 valence electrons. The Kier molecular flexibility index (Phi) is 7.19. The molecular formula is C12H22F2N2O3. The van der Waals surface area contributed by atoms with E-state index < -0.39 is 18.4 Å². The summed E-state index contributed by atoms with van der Waals surface area (Å²) >= 11 is 0. The van der Waals surface area contributed by atoms with Gasteiger partial charge in [0.25, 0.3) is 6.43 Å². The van der Waals surface area contributed by atoms with Gasteiger partial charge in [-0.1, -0.05) is 0 Å². The summed E-state index contributed by atoms with van der Waals surface area (Å²) in [6.45, 7) is 1.67. The first-order chi connectivity index (χ1) is 9.10. The van der Waals surface area contributed by atoms with Gasteiger partial charge in [0.2, 0.25) is 5.91 Å². The third kappa shape index (κ3) is 5.38. The molecular weight excluding hydrogens is 258 g/mol. The second-order valence-corrected chi connectivity index (χ2v) is 4.69. The molecule has 1 aliphatic heterocycles. The molecule has 1 fully saturated rings. The highest BCUT2D eigenvalue weighted by atomic mass is 19.3. The Labute approximate surface area is 112 Å². The van der Waals surface area contributed by atoms with Crippen molar-refractivity contribution in [2.75, 3.05) is 46.6 Å². The summed E-state index contributed by atoms with van der Waals surface area (Å²) in [6, 6.07) is 0. The van der Waals surface area contributed by atoms with E-state index >= 15 is 0 Å². The van der Waals surface area contributed by atoms with Gasteiger partial charge in [0.15, 0.2) is 0 Å². The molecule has 19 heavy (non-hydrogen) atoms. The first-order valence-corrected chi connectivity index (χ1v) is 6.44. The van der Waals surface area contributed by atoms with Crippen molar-refractivity contribution in [2.24, 2.45) is 5.41 Å². The van der Waals surface area contributed by atoms with E-state index in [1.54, 1.807) is 7.11 Å². The van der Waals surface area contributed by atoms with Gasteiger partial charge in [-0.2, -0.15) is 0 Å². The minimum absolute atomic E-state index is 0.0866. The molecule has 1 heterocycles. The molecule has 1 amide bonds. The van der Waals surface area contributed by atoms with Crippen LogP contribution in [0.4, 0.5) is 8.78 Å². The predicted octanol–water partition coefficient (Wildman–Crippen LogP) is 0.400. The van der Waals surface area contributed by atoms with Crippen molar-refractivity contribution in [3.05, 3.63) is 0 Å². The lowest BCUT2D eigenvalue weighted by atomic mass is 9.78. The van der Waals surface area contributed by atoms with Crippen molar-refractivity contribution in [3.8, 4) is 0 Å². The van der Waals surface area contributed by atoms with Crippen LogP contribution in [0.25, 0.3) is 0 Å². The SMILES string of the molecule is COCC1(C(=O)NCCOCC(F)F)CCNCC1. The summed E-state index contributed by atoms with van der Waals surface area (Å²) in [5.41, 5.74) is -0.511. The van der Waals surface area contributed by atoms with Crippen molar-refractivity contribution < 1.29 is 23.0 Å². The molecule has 0 spiro atoms. The Morgan fingerprint density at radius 3 is 2.68 bits per heavy atom. The quantitative estimate of drug-likeness (QED) is 0.632. The van der Waals surface area contributed by atoms with Gasteiger partial charge in [0.1, 0.15) is 6.61 Å². The Morgan fingerprint density at radius 2 is 2.11 bits per heavy atom. The third-order valence-electron chi connectivity index (χ3n) is 3.24. The van der Waals surface area contributed by atoms with Crippen LogP contribution in [0.1, 0.15) is 12.8 Å². The van der Waals surface area contributed by atoms with E-state index in [4.69, 9.17) is 9.47 Å². The fourth-order valence-electron chi connectivity index (χ4n) is 2.22. The van der Waals surface area contributed by atoms with Gasteiger partial charge in [-0.25, -0.2) is 8.78 Å². The number of halogens is 2. The molecule has 0 atom stereocenters. The molecule has 2 N–H and O–H groups in total. The fourth-order valence-corrected chi connectivity index (χ4v) is 2.22. The lowest BCUT2D eigenvalue weighted by Crippen LogP contribution is -2.50. The van der Waals surface area contributed by atoms with Gasteiger partial charge in [-0.3, -0.25) is 4.79 Å². The zero-order valence-electron chi connectivity index (χ0n) is 11.2. The monoisotopic (exact) mass is 280 g/mol. The molecule has 0 aromatic rings. The van der Waals surface area contributed by atoms with Crippen LogP contribution in [-0.2, 0) is 14.3 Å². The molecule has 7 heteroatoms. The number of carbonyl (C=O) groups is 1. The number of nitrogens with one attached hydrogen (secondary N) is 2. The molecule has 1 saturated heterocycles. The van der Waals surface area contributed by atoms with Gasteiger partial charge in [0.05, 0.1) is 18.6 Å². The fraction of sp³-hybridized carbons (Fsp3) is 0.917. The second kappa shape index (κ2) is 8.39. The minimum atomic E-state index is -2.47. The second-order valence-electron chi connectivity index (χ2n) is 4.69. The van der Waals surface area contributed by atoms with Crippen LogP contribution in [-0.4, -0.2) is 58.9 Å². The largest absolute Gasteiger partial charge is 0.384 e. The maximum atomic E-state index is 12.2. The molecule has 0 radical (unpaired) electrons. The van der Waals surface area contributed by atoms with Gasteiger partial charge < -0.3 is 20.1 Å². The standard InChI is InChI=1S/C12H22F2N2O3/c1-18-9-12(2-4-15-5-3-12)11(17)16-6-7-19-8-10(13)14/h10,15H,2-9H2,1H3,(H,16,17). The molecule has 0 aromatic carbocycles. The van der Waals surface area contributed by atoms with Gasteiger partial charge in [-0.15, -0.1) is 0 Å². The molecule has 0 aliphatic carbocycles. The lowest BCUT2D eigenvalue weighted by Gasteiger charge is -2.35. The molecule has 0 saturated carbocycles. The number of rotatable bonds is 8. The van der Waals surface area contributed by atoms with Crippen molar-refractivity contribution >= 4 is 5.91 Å². The van der Waals surface area contributed by atoms with Crippen LogP contribution in [0.15, 0.2) is 0 Å². The first kappa shape index (κ1) is 16.3. The Bertz CT molecular complexity index is 266. The summed E-state index contributed by atoms with van der Waals surface area (Å²) in [5, 5.41) is 5.93. The summed E-state index contributed by atoms with van der Waals surface area (Å²) < 4.78 is 33.5. The summed E-state index contributed by atoms with van der Waals surface area (Å²) in [4.78, 5) is 12.2. The minimum Gasteiger partial charge on any atom is -0.384 e. The Morgan fingerprint density at radius 1 is 1.42 bits per heavy atom. The van der Waals surface area contributed by atoms with E-state index in [1.807, 2.05) is 0 Å². The molecule has 5 nitrogen and oxygen atoms in total. The van der Waals surface area contributed by atoms with Crippen molar-refractivity contribution in [1.29, 1.82) is 0 Å². The number of hydrogen-bond acceptors (Lipinski definition) is 4. The number of methoxy groups -OCH3 is 1. The Balaban J connectivity index is 2.32. The predicted molar refractivity (Wildman–Crippen MR) is 66.2 cm³/mol. The van der Waals surface area contributed by atoms with Crippen LogP contribution < -0.4 is 10.6 Å². The van der Waals surface area contributed by atoms with Crippen molar-refractivity contribution in [2.45, 2.75) is 19.3 Å². The van der Waals surface area contributed by atoms with Gasteiger partial charge in [-0.05, 0) is 25.9 Å². The van der Waals surface area contributed by atoms with E-state index in [9.17, 15) is 13.6 Å². The Hall–Kier alpha value is -0.790. The topological polar surface area (TPSA) is 59.6 Å². The van der Waals surface area contributed by atoms with E-state index in [1.165, 1.54) is 0 Å². The van der Waals surface area contributed by atoms with Crippen molar-refractivity contribution in [1.82, 2.24) is 10.6 Å². The molecule has 1 rings (SSSR count). The molecule has 0 bridgehead atoms. The van der Waals surface area contributed by atoms with Gasteiger partial charge >= 0.3 is 0 Å². The highest BCUT2D eigenvalue weighted by Crippen LogP contribution is 2.29. The van der Waals surface area contributed by atoms with E-state index in [2.05, 4.69) is 10.6 Å². The number of carbonyl (C=O) groups excluding carboxylic acids is 1. The number of hydrogen-bond donors (Lipinski definition) is 2. The third-order valence-corrected chi connectivity index (χ3v) is 3.24. The average Bonchev–Trinajstić information content (AvgIpc) is 2.39. The number of piperidine rings is 1. The maximum absolute atomic E-state index is 12.2. The highest BCUT2D eigenvalue weighted by Gasteiger charge is 2.39. The van der Waals surface area contributed by atoms with Crippen LogP contribution in [0.3, 0.4) is 0 Å². The zero-order chi connectivity index (χ0) is 14.1. The number of ether oxygens (including phenoxy) is 2. The van der Waals surface area contributed by atoms with Crippen LogP contribution in [0, 0.1) is 5.41 Å². The van der Waals surface area contributed by atoms with E-state index in [-0.39, 0.29) is 19.1 Å². The molecule has 0 unspecified atom stereocenters. The van der Waals surface area contributed by atoms with E-state index in [0.29, 0.717) is 19.4 Å². The summed E-state index contributed by atoms with van der Waals surface area (Å²) in [5.74, 6) is -0.0866. The molecule has 0 aromatic heterocycles. The van der Waals surface area contributed by atoms with Crippen LogP contribution in [0.2, 0.25) is 0 Å². The van der Waals surface area contributed by atoms with E-state index in [0.717, 1.165) is 13.1 Å². The summed E-state index contributed by atoms with van der Waals surface area (Å²) in [6.07, 6.45) is -1.05. The average molecular weight is 280 g/mol. The zero-order valence-corrected chi connectivity index (χ0v) is 11.2. The molecule has 1 aliphatic rings. The van der Waals surface area contributed by atoms with Gasteiger partial charge in [0, 0.05) is 13.7 Å². The lowest BCUT2D eigenvalue weighted by molar-refractivity contribution is -0.136. The highest BCUT2D eigenvalue weighted by molar-refractivity contribution is 5.83. The maximum Gasteiger partial charge on any atom is 0.261 e.